The molecule has 2 heterocycles. The molecule has 0 saturated carbocycles. The third kappa shape index (κ3) is 2.76. The normalized spacial score (nSPS) is 11.3. The summed E-state index contributed by atoms with van der Waals surface area (Å²) in [7, 11) is 0. The van der Waals surface area contributed by atoms with Crippen LogP contribution in [0.1, 0.15) is 37.3 Å². The molecule has 0 aliphatic heterocycles. The van der Waals surface area contributed by atoms with Gasteiger partial charge in [0.05, 0.1) is 12.0 Å². The predicted molar refractivity (Wildman–Crippen MR) is 71.3 cm³/mol. The number of aromatic nitrogens is 1. The summed E-state index contributed by atoms with van der Waals surface area (Å²) in [6.07, 6.45) is 3.44. The van der Waals surface area contributed by atoms with Crippen molar-refractivity contribution in [2.24, 2.45) is 0 Å². The first-order valence-electron chi connectivity index (χ1n) is 5.95. The van der Waals surface area contributed by atoms with Gasteiger partial charge >= 0.3 is 0 Å². The van der Waals surface area contributed by atoms with Crippen LogP contribution in [0.4, 0.5) is 0 Å². The molecule has 2 rings (SSSR count). The van der Waals surface area contributed by atoms with Gasteiger partial charge in [0, 0.05) is 17.0 Å². The van der Waals surface area contributed by atoms with E-state index in [1.807, 2.05) is 6.07 Å². The fourth-order valence-electron chi connectivity index (χ4n) is 1.69. The van der Waals surface area contributed by atoms with E-state index in [2.05, 4.69) is 26.1 Å². The molecule has 0 bridgehead atoms. The van der Waals surface area contributed by atoms with E-state index in [0.717, 1.165) is 23.7 Å². The Bertz CT molecular complexity index is 460. The lowest BCUT2D eigenvalue weighted by Gasteiger charge is -2.04. The van der Waals surface area contributed by atoms with Gasteiger partial charge in [-0.05, 0) is 18.5 Å². The number of nitrogens with zero attached hydrogens (tertiary/aromatic N) is 1. The zero-order chi connectivity index (χ0) is 12.3. The first-order valence-corrected chi connectivity index (χ1v) is 6.77. The number of furan rings is 1. The van der Waals surface area contributed by atoms with Crippen LogP contribution < -0.4 is 5.32 Å². The van der Waals surface area contributed by atoms with Crippen molar-refractivity contribution in [3.8, 4) is 10.6 Å². The molecule has 0 unspecified atom stereocenters. The molecule has 3 nitrogen and oxygen atoms in total. The maximum absolute atomic E-state index is 5.11. The van der Waals surface area contributed by atoms with Gasteiger partial charge in [-0.25, -0.2) is 4.98 Å². The van der Waals surface area contributed by atoms with E-state index in [4.69, 9.17) is 9.40 Å². The summed E-state index contributed by atoms with van der Waals surface area (Å²) in [5.74, 6) is 0.459. The Kier molecular flexibility index (Phi) is 3.97. The molecule has 0 atom stereocenters. The summed E-state index contributed by atoms with van der Waals surface area (Å²) in [5, 5.41) is 4.42. The van der Waals surface area contributed by atoms with Crippen LogP contribution in [0, 0.1) is 0 Å². The quantitative estimate of drug-likeness (QED) is 0.880. The van der Waals surface area contributed by atoms with Gasteiger partial charge in [0.2, 0.25) is 0 Å². The van der Waals surface area contributed by atoms with E-state index in [-0.39, 0.29) is 0 Å². The molecular formula is C13H18N2OS. The van der Waals surface area contributed by atoms with Crippen molar-refractivity contribution in [1.82, 2.24) is 10.3 Å². The zero-order valence-electron chi connectivity index (χ0n) is 10.5. The highest BCUT2D eigenvalue weighted by molar-refractivity contribution is 7.15. The van der Waals surface area contributed by atoms with Gasteiger partial charge in [0.1, 0.15) is 11.3 Å². The molecule has 0 spiro atoms. The van der Waals surface area contributed by atoms with E-state index < -0.39 is 0 Å². The van der Waals surface area contributed by atoms with Gasteiger partial charge in [-0.1, -0.05) is 20.8 Å². The molecule has 0 aliphatic carbocycles. The molecule has 92 valence electrons. The Labute approximate surface area is 106 Å². The Hall–Kier alpha value is -1.13. The standard InChI is InChI=1S/C13H18N2OS/c1-4-14-7-11-12(9(2)3)15-13(17-11)10-5-6-16-8-10/h5-6,8-9,14H,4,7H2,1-3H3. The molecule has 0 radical (unpaired) electrons. The number of rotatable bonds is 5. The van der Waals surface area contributed by atoms with Crippen LogP contribution in [0.3, 0.4) is 0 Å². The minimum atomic E-state index is 0.459. The lowest BCUT2D eigenvalue weighted by molar-refractivity contribution is 0.568. The summed E-state index contributed by atoms with van der Waals surface area (Å²) < 4.78 is 5.11. The molecule has 17 heavy (non-hydrogen) atoms. The molecule has 0 aliphatic rings. The second-order valence-corrected chi connectivity index (χ2v) is 5.36. The van der Waals surface area contributed by atoms with Crippen molar-refractivity contribution in [2.75, 3.05) is 6.54 Å². The second-order valence-electron chi connectivity index (χ2n) is 4.27. The average Bonchev–Trinajstić information content (AvgIpc) is 2.94. The first-order chi connectivity index (χ1) is 8.22. The fourth-order valence-corrected chi connectivity index (χ4v) is 2.86. The SMILES string of the molecule is CCNCc1sc(-c2ccoc2)nc1C(C)C. The highest BCUT2D eigenvalue weighted by atomic mass is 32.1. The maximum Gasteiger partial charge on any atom is 0.127 e. The molecular weight excluding hydrogens is 232 g/mol. The minimum absolute atomic E-state index is 0.459. The summed E-state index contributed by atoms with van der Waals surface area (Å²) >= 11 is 1.75. The molecule has 4 heteroatoms. The van der Waals surface area contributed by atoms with Crippen molar-refractivity contribution in [2.45, 2.75) is 33.2 Å². The third-order valence-electron chi connectivity index (χ3n) is 2.58. The monoisotopic (exact) mass is 250 g/mol. The average molecular weight is 250 g/mol. The Morgan fingerprint density at radius 1 is 1.47 bits per heavy atom. The van der Waals surface area contributed by atoms with Crippen molar-refractivity contribution < 1.29 is 4.42 Å². The van der Waals surface area contributed by atoms with Crippen LogP contribution in [0.2, 0.25) is 0 Å². The molecule has 0 amide bonds. The summed E-state index contributed by atoms with van der Waals surface area (Å²) in [6, 6.07) is 1.96. The molecule has 1 N–H and O–H groups in total. The van der Waals surface area contributed by atoms with E-state index in [0.29, 0.717) is 5.92 Å². The van der Waals surface area contributed by atoms with Crippen molar-refractivity contribution in [3.63, 3.8) is 0 Å². The fraction of sp³-hybridized carbons (Fsp3) is 0.462. The highest BCUT2D eigenvalue weighted by Crippen LogP contribution is 2.31. The molecule has 2 aromatic rings. The topological polar surface area (TPSA) is 38.1 Å². The van der Waals surface area contributed by atoms with Crippen molar-refractivity contribution >= 4 is 11.3 Å². The van der Waals surface area contributed by atoms with Crippen molar-refractivity contribution in [3.05, 3.63) is 29.2 Å². The molecule has 2 aromatic heterocycles. The Balaban J connectivity index is 2.30. The first kappa shape index (κ1) is 12.3. The van der Waals surface area contributed by atoms with E-state index in [9.17, 15) is 0 Å². The van der Waals surface area contributed by atoms with Crippen LogP contribution >= 0.6 is 11.3 Å². The van der Waals surface area contributed by atoms with Gasteiger partial charge in [-0.15, -0.1) is 11.3 Å². The molecule has 0 saturated heterocycles. The van der Waals surface area contributed by atoms with Crippen LogP contribution in [-0.4, -0.2) is 11.5 Å². The van der Waals surface area contributed by atoms with Crippen LogP contribution in [0.5, 0.6) is 0 Å². The molecule has 0 aromatic carbocycles. The van der Waals surface area contributed by atoms with Gasteiger partial charge < -0.3 is 9.73 Å². The van der Waals surface area contributed by atoms with Gasteiger partial charge in [-0.3, -0.25) is 0 Å². The van der Waals surface area contributed by atoms with Gasteiger partial charge in [0.15, 0.2) is 0 Å². The summed E-state index contributed by atoms with van der Waals surface area (Å²) in [5.41, 5.74) is 2.27. The largest absolute Gasteiger partial charge is 0.472 e. The summed E-state index contributed by atoms with van der Waals surface area (Å²) in [4.78, 5) is 6.06. The van der Waals surface area contributed by atoms with Gasteiger partial charge in [0.25, 0.3) is 0 Å². The number of thiazole rings is 1. The predicted octanol–water partition coefficient (Wildman–Crippen LogP) is 3.64. The molecule has 0 fully saturated rings. The number of nitrogens with one attached hydrogen (secondary N) is 1. The van der Waals surface area contributed by atoms with E-state index >= 15 is 0 Å². The number of hydrogen-bond acceptors (Lipinski definition) is 4. The van der Waals surface area contributed by atoms with E-state index in [1.165, 1.54) is 10.6 Å². The Morgan fingerprint density at radius 3 is 2.88 bits per heavy atom. The lowest BCUT2D eigenvalue weighted by Crippen LogP contribution is -2.12. The van der Waals surface area contributed by atoms with Crippen LogP contribution in [0.15, 0.2) is 23.0 Å². The minimum Gasteiger partial charge on any atom is -0.472 e. The summed E-state index contributed by atoms with van der Waals surface area (Å²) in [6.45, 7) is 8.37. The zero-order valence-corrected chi connectivity index (χ0v) is 11.3. The van der Waals surface area contributed by atoms with Gasteiger partial charge in [-0.2, -0.15) is 0 Å². The Morgan fingerprint density at radius 2 is 2.29 bits per heavy atom. The smallest absolute Gasteiger partial charge is 0.127 e. The second kappa shape index (κ2) is 5.47. The van der Waals surface area contributed by atoms with Crippen molar-refractivity contribution in [1.29, 1.82) is 0 Å². The lowest BCUT2D eigenvalue weighted by atomic mass is 10.1. The van der Waals surface area contributed by atoms with Crippen LogP contribution in [0.25, 0.3) is 10.6 Å². The maximum atomic E-state index is 5.11. The van der Waals surface area contributed by atoms with E-state index in [1.54, 1.807) is 23.9 Å². The van der Waals surface area contributed by atoms with Crippen LogP contribution in [-0.2, 0) is 6.54 Å². The highest BCUT2D eigenvalue weighted by Gasteiger charge is 2.15. The number of hydrogen-bond donors (Lipinski definition) is 1. The third-order valence-corrected chi connectivity index (χ3v) is 3.70.